The summed E-state index contributed by atoms with van der Waals surface area (Å²) in [5.74, 6) is 0.691. The zero-order valence-electron chi connectivity index (χ0n) is 10.3. The molecule has 0 heterocycles. The summed E-state index contributed by atoms with van der Waals surface area (Å²) < 4.78 is 6.61. The van der Waals surface area contributed by atoms with E-state index in [1.165, 1.54) is 0 Å². The van der Waals surface area contributed by atoms with Crippen LogP contribution in [0, 0.1) is 0 Å². The first kappa shape index (κ1) is 14.5. The van der Waals surface area contributed by atoms with Gasteiger partial charge in [0.2, 0.25) is 5.96 Å². The molecule has 0 atom stereocenters. The van der Waals surface area contributed by atoms with E-state index in [1.54, 1.807) is 6.21 Å². The largest absolute Gasteiger partial charge is 0.493 e. The quantitative estimate of drug-likeness (QED) is 0.365. The van der Waals surface area contributed by atoms with Crippen molar-refractivity contribution in [2.75, 3.05) is 6.61 Å². The number of rotatable bonds is 6. The summed E-state index contributed by atoms with van der Waals surface area (Å²) in [6, 6.07) is 5.70. The fraction of sp³-hybridized carbons (Fsp3) is 0.333. The first-order valence-electron chi connectivity index (χ1n) is 5.67. The molecular weight excluding hydrogens is 296 g/mol. The number of benzene rings is 1. The number of nitrogens with two attached hydrogens (primary N) is 2. The van der Waals surface area contributed by atoms with Crippen LogP contribution in [0.4, 0.5) is 0 Å². The number of nitrogens with zero attached hydrogens (tertiary/aromatic N) is 2. The molecular formula is C12H17BrN4O. The van der Waals surface area contributed by atoms with Gasteiger partial charge in [-0.25, -0.2) is 0 Å². The number of hydrogen-bond acceptors (Lipinski definition) is 3. The summed E-state index contributed by atoms with van der Waals surface area (Å²) in [5.41, 5.74) is 11.2. The topological polar surface area (TPSA) is 86.0 Å². The number of unbranched alkanes of at least 4 members (excludes halogenated alkanes) is 1. The van der Waals surface area contributed by atoms with Crippen LogP contribution in [0.5, 0.6) is 5.75 Å². The van der Waals surface area contributed by atoms with Gasteiger partial charge >= 0.3 is 0 Å². The maximum absolute atomic E-state index is 5.67. The first-order chi connectivity index (χ1) is 8.63. The Balaban J connectivity index is 2.82. The molecule has 0 unspecified atom stereocenters. The van der Waals surface area contributed by atoms with Crippen molar-refractivity contribution in [3.63, 3.8) is 0 Å². The van der Waals surface area contributed by atoms with Crippen molar-refractivity contribution < 1.29 is 4.74 Å². The van der Waals surface area contributed by atoms with E-state index in [0.717, 1.165) is 28.6 Å². The van der Waals surface area contributed by atoms with Crippen LogP contribution in [0.2, 0.25) is 0 Å². The molecule has 5 nitrogen and oxygen atoms in total. The molecule has 18 heavy (non-hydrogen) atoms. The maximum atomic E-state index is 5.67. The zero-order chi connectivity index (χ0) is 13.4. The molecule has 6 heteroatoms. The van der Waals surface area contributed by atoms with E-state index in [-0.39, 0.29) is 5.96 Å². The summed E-state index contributed by atoms with van der Waals surface area (Å²) in [6.07, 6.45) is 3.67. The average molecular weight is 313 g/mol. The Morgan fingerprint density at radius 2 is 2.22 bits per heavy atom. The molecule has 0 bridgehead atoms. The van der Waals surface area contributed by atoms with Crippen molar-refractivity contribution in [1.82, 2.24) is 0 Å². The van der Waals surface area contributed by atoms with Crippen LogP contribution in [0.15, 0.2) is 32.9 Å². The minimum Gasteiger partial charge on any atom is -0.493 e. The van der Waals surface area contributed by atoms with E-state index < -0.39 is 0 Å². The highest BCUT2D eigenvalue weighted by Crippen LogP contribution is 2.22. The van der Waals surface area contributed by atoms with Crippen molar-refractivity contribution in [3.05, 3.63) is 28.2 Å². The van der Waals surface area contributed by atoms with Crippen LogP contribution in [0.3, 0.4) is 0 Å². The number of guanidine groups is 1. The second-order valence-electron chi connectivity index (χ2n) is 3.65. The highest BCUT2D eigenvalue weighted by atomic mass is 79.9. The molecule has 1 aromatic carbocycles. The van der Waals surface area contributed by atoms with Gasteiger partial charge in [-0.1, -0.05) is 29.3 Å². The van der Waals surface area contributed by atoms with Crippen LogP contribution in [-0.2, 0) is 0 Å². The van der Waals surface area contributed by atoms with Gasteiger partial charge in [0.05, 0.1) is 12.8 Å². The third-order valence-corrected chi connectivity index (χ3v) is 2.59. The number of halogens is 1. The smallest absolute Gasteiger partial charge is 0.211 e. The molecule has 0 aliphatic heterocycles. The fourth-order valence-electron chi connectivity index (χ4n) is 1.24. The molecule has 0 fully saturated rings. The lowest BCUT2D eigenvalue weighted by atomic mass is 10.2. The SMILES string of the molecule is CCCCOc1ccc(Br)cc1C=NN=C(N)N. The highest BCUT2D eigenvalue weighted by molar-refractivity contribution is 9.10. The Morgan fingerprint density at radius 3 is 2.89 bits per heavy atom. The summed E-state index contributed by atoms with van der Waals surface area (Å²) in [5, 5.41) is 7.34. The van der Waals surface area contributed by atoms with Crippen molar-refractivity contribution in [1.29, 1.82) is 0 Å². The van der Waals surface area contributed by atoms with Gasteiger partial charge < -0.3 is 16.2 Å². The number of hydrogen-bond donors (Lipinski definition) is 2. The second-order valence-corrected chi connectivity index (χ2v) is 4.57. The third kappa shape index (κ3) is 5.18. The van der Waals surface area contributed by atoms with Gasteiger partial charge in [-0.3, -0.25) is 0 Å². The van der Waals surface area contributed by atoms with Gasteiger partial charge in [-0.2, -0.15) is 5.10 Å². The van der Waals surface area contributed by atoms with Crippen LogP contribution < -0.4 is 16.2 Å². The molecule has 0 aliphatic rings. The van der Waals surface area contributed by atoms with Gasteiger partial charge in [-0.15, -0.1) is 5.10 Å². The molecule has 98 valence electrons. The van der Waals surface area contributed by atoms with E-state index in [1.807, 2.05) is 18.2 Å². The normalized spacial score (nSPS) is 10.6. The van der Waals surface area contributed by atoms with E-state index in [9.17, 15) is 0 Å². The molecule has 0 aliphatic carbocycles. The Morgan fingerprint density at radius 1 is 1.44 bits per heavy atom. The minimum atomic E-state index is -0.0744. The lowest BCUT2D eigenvalue weighted by molar-refractivity contribution is 0.309. The first-order valence-corrected chi connectivity index (χ1v) is 6.47. The van der Waals surface area contributed by atoms with Crippen LogP contribution in [-0.4, -0.2) is 18.8 Å². The summed E-state index contributed by atoms with van der Waals surface area (Å²) in [6.45, 7) is 2.80. The molecule has 0 amide bonds. The van der Waals surface area contributed by atoms with Gasteiger partial charge in [0.15, 0.2) is 0 Å². The standard InChI is InChI=1S/C12H17BrN4O/c1-2-3-6-18-11-5-4-10(13)7-9(11)8-16-17-12(14)15/h4-5,7-8H,2-3,6H2,1H3,(H4,14,15,17). The van der Waals surface area contributed by atoms with E-state index in [4.69, 9.17) is 16.2 Å². The highest BCUT2D eigenvalue weighted by Gasteiger charge is 2.02. The number of ether oxygens (including phenoxy) is 1. The Labute approximate surface area is 115 Å². The minimum absolute atomic E-state index is 0.0744. The Kier molecular flexibility index (Phi) is 6.21. The molecule has 0 saturated carbocycles. The Bertz CT molecular complexity index is 442. The zero-order valence-corrected chi connectivity index (χ0v) is 11.9. The van der Waals surface area contributed by atoms with E-state index >= 15 is 0 Å². The van der Waals surface area contributed by atoms with Crippen molar-refractivity contribution in [2.24, 2.45) is 21.7 Å². The van der Waals surface area contributed by atoms with Gasteiger partial charge in [0, 0.05) is 10.0 Å². The van der Waals surface area contributed by atoms with Gasteiger partial charge in [0.1, 0.15) is 5.75 Å². The summed E-state index contributed by atoms with van der Waals surface area (Å²) in [7, 11) is 0. The van der Waals surface area contributed by atoms with Crippen LogP contribution in [0.25, 0.3) is 0 Å². The molecule has 0 radical (unpaired) electrons. The van der Waals surface area contributed by atoms with Gasteiger partial charge in [-0.05, 0) is 24.6 Å². The van der Waals surface area contributed by atoms with Crippen molar-refractivity contribution in [2.45, 2.75) is 19.8 Å². The predicted molar refractivity (Wildman–Crippen MR) is 77.9 cm³/mol. The second kappa shape index (κ2) is 7.71. The van der Waals surface area contributed by atoms with E-state index in [2.05, 4.69) is 33.1 Å². The maximum Gasteiger partial charge on any atom is 0.211 e. The van der Waals surface area contributed by atoms with E-state index in [0.29, 0.717) is 6.61 Å². The lowest BCUT2D eigenvalue weighted by Crippen LogP contribution is -2.21. The third-order valence-electron chi connectivity index (χ3n) is 2.10. The molecule has 1 aromatic rings. The fourth-order valence-corrected chi connectivity index (χ4v) is 1.61. The van der Waals surface area contributed by atoms with Gasteiger partial charge in [0.25, 0.3) is 0 Å². The van der Waals surface area contributed by atoms with Crippen molar-refractivity contribution >= 4 is 28.1 Å². The molecule has 0 spiro atoms. The average Bonchev–Trinajstić information content (AvgIpc) is 2.31. The van der Waals surface area contributed by atoms with Crippen LogP contribution >= 0.6 is 15.9 Å². The molecule has 0 aromatic heterocycles. The molecule has 1 rings (SSSR count). The lowest BCUT2D eigenvalue weighted by Gasteiger charge is -2.08. The van der Waals surface area contributed by atoms with Crippen molar-refractivity contribution in [3.8, 4) is 5.75 Å². The predicted octanol–water partition coefficient (Wildman–Crippen LogP) is 2.24. The molecule has 4 N–H and O–H groups in total. The molecule has 0 saturated heterocycles. The summed E-state index contributed by atoms with van der Waals surface area (Å²) >= 11 is 3.40. The summed E-state index contributed by atoms with van der Waals surface area (Å²) in [4.78, 5) is 0. The monoisotopic (exact) mass is 312 g/mol. The Hall–Kier alpha value is -1.56. The van der Waals surface area contributed by atoms with Crippen LogP contribution in [0.1, 0.15) is 25.3 Å².